The van der Waals surface area contributed by atoms with Crippen molar-refractivity contribution in [2.24, 2.45) is 5.92 Å². The second-order valence-electron chi connectivity index (χ2n) is 5.51. The van der Waals surface area contributed by atoms with Crippen LogP contribution in [0.25, 0.3) is 0 Å². The summed E-state index contributed by atoms with van der Waals surface area (Å²) in [4.78, 5) is 26.3. The fraction of sp³-hybridized carbons (Fsp3) is 0.222. The van der Waals surface area contributed by atoms with E-state index in [4.69, 9.17) is 0 Å². The largest absolute Gasteiger partial charge is 0.351 e. The minimum atomic E-state index is -0.677. The van der Waals surface area contributed by atoms with Gasteiger partial charge in [-0.05, 0) is 36.2 Å². The number of hydrogen-bond donors (Lipinski definition) is 1. The molecule has 1 N–H and O–H groups in total. The van der Waals surface area contributed by atoms with Gasteiger partial charge in [-0.2, -0.15) is 0 Å². The van der Waals surface area contributed by atoms with E-state index < -0.39 is 5.92 Å². The number of anilines is 1. The van der Waals surface area contributed by atoms with E-state index in [-0.39, 0.29) is 24.2 Å². The Morgan fingerprint density at radius 2 is 1.96 bits per heavy atom. The quantitative estimate of drug-likeness (QED) is 0.882. The summed E-state index contributed by atoms with van der Waals surface area (Å²) in [6.07, 6.45) is 0.489. The van der Waals surface area contributed by atoms with E-state index >= 15 is 0 Å². The van der Waals surface area contributed by atoms with Crippen LogP contribution in [0.15, 0.2) is 54.6 Å². The van der Waals surface area contributed by atoms with Crippen molar-refractivity contribution in [3.05, 3.63) is 66.0 Å². The fourth-order valence-electron chi connectivity index (χ4n) is 2.75. The molecule has 1 heterocycles. The van der Waals surface area contributed by atoms with Crippen LogP contribution in [0.4, 0.5) is 10.1 Å². The van der Waals surface area contributed by atoms with Gasteiger partial charge in [0, 0.05) is 18.8 Å². The van der Waals surface area contributed by atoms with Crippen LogP contribution in [0.1, 0.15) is 12.0 Å². The average molecular weight is 312 g/mol. The van der Waals surface area contributed by atoms with E-state index in [0.29, 0.717) is 18.5 Å². The van der Waals surface area contributed by atoms with Crippen LogP contribution < -0.4 is 10.2 Å². The highest BCUT2D eigenvalue weighted by atomic mass is 19.1. The van der Waals surface area contributed by atoms with Crippen LogP contribution in [-0.4, -0.2) is 18.4 Å². The first kappa shape index (κ1) is 15.2. The molecule has 4 nitrogen and oxygen atoms in total. The van der Waals surface area contributed by atoms with Crippen LogP contribution in [0.3, 0.4) is 0 Å². The third-order valence-electron chi connectivity index (χ3n) is 3.95. The zero-order chi connectivity index (χ0) is 16.2. The van der Waals surface area contributed by atoms with Crippen LogP contribution in [0.2, 0.25) is 0 Å². The molecule has 2 amide bonds. The molecule has 0 saturated carbocycles. The third kappa shape index (κ3) is 3.39. The number of carbonyl (C=O) groups is 2. The Labute approximate surface area is 133 Å². The highest BCUT2D eigenvalue weighted by molar-refractivity contribution is 6.09. The first-order valence-corrected chi connectivity index (χ1v) is 7.54. The van der Waals surface area contributed by atoms with E-state index in [1.54, 1.807) is 17.0 Å². The number of rotatable bonds is 4. The highest BCUT2D eigenvalue weighted by Gasteiger charge is 2.37. The predicted molar refractivity (Wildman–Crippen MR) is 85.1 cm³/mol. The molecule has 1 aliphatic rings. The molecule has 23 heavy (non-hydrogen) atoms. The molecule has 3 rings (SSSR count). The van der Waals surface area contributed by atoms with E-state index in [9.17, 15) is 14.0 Å². The van der Waals surface area contributed by atoms with Gasteiger partial charge in [0.1, 0.15) is 11.7 Å². The van der Waals surface area contributed by atoms with E-state index in [0.717, 1.165) is 5.69 Å². The maximum atomic E-state index is 13.1. The normalized spacial score (nSPS) is 17.3. The number of benzene rings is 2. The second-order valence-corrected chi connectivity index (χ2v) is 5.51. The van der Waals surface area contributed by atoms with Gasteiger partial charge in [0.25, 0.3) is 0 Å². The summed E-state index contributed by atoms with van der Waals surface area (Å²) in [6, 6.07) is 15.4. The number of para-hydroxylation sites is 1. The fourth-order valence-corrected chi connectivity index (χ4v) is 2.75. The van der Waals surface area contributed by atoms with Gasteiger partial charge >= 0.3 is 0 Å². The van der Waals surface area contributed by atoms with Gasteiger partial charge in [-0.15, -0.1) is 0 Å². The Kier molecular flexibility index (Phi) is 4.37. The van der Waals surface area contributed by atoms with Gasteiger partial charge < -0.3 is 10.2 Å². The van der Waals surface area contributed by atoms with Gasteiger partial charge in [-0.25, -0.2) is 4.39 Å². The third-order valence-corrected chi connectivity index (χ3v) is 3.95. The van der Waals surface area contributed by atoms with Crippen molar-refractivity contribution in [1.82, 2.24) is 5.32 Å². The Morgan fingerprint density at radius 3 is 2.70 bits per heavy atom. The molecule has 5 heteroatoms. The molecule has 1 atom stereocenters. The maximum Gasteiger partial charge on any atom is 0.239 e. The average Bonchev–Trinajstić information content (AvgIpc) is 2.95. The zero-order valence-electron chi connectivity index (χ0n) is 12.5. The topological polar surface area (TPSA) is 49.4 Å². The monoisotopic (exact) mass is 312 g/mol. The summed E-state index contributed by atoms with van der Waals surface area (Å²) >= 11 is 0. The Morgan fingerprint density at radius 1 is 1.17 bits per heavy atom. The lowest BCUT2D eigenvalue weighted by molar-refractivity contribution is -0.132. The standard InChI is InChI=1S/C18H17FN2O2/c19-14-6-4-5-13(11-14)12-20-17(22)16-9-10-21(18(16)23)15-7-2-1-3-8-15/h1-8,11,16H,9-10,12H2,(H,20,22)/t16-/m1/s1. The summed E-state index contributed by atoms with van der Waals surface area (Å²) in [7, 11) is 0. The summed E-state index contributed by atoms with van der Waals surface area (Å²) in [5.41, 5.74) is 1.47. The molecule has 0 aliphatic carbocycles. The van der Waals surface area contributed by atoms with Gasteiger partial charge in [-0.3, -0.25) is 9.59 Å². The molecular formula is C18H17FN2O2. The Bertz CT molecular complexity index is 718. The lowest BCUT2D eigenvalue weighted by Crippen LogP contribution is -2.36. The van der Waals surface area contributed by atoms with Crippen molar-refractivity contribution in [3.8, 4) is 0 Å². The van der Waals surface area contributed by atoms with Crippen molar-refractivity contribution >= 4 is 17.5 Å². The summed E-state index contributed by atoms with van der Waals surface area (Å²) in [6.45, 7) is 0.743. The van der Waals surface area contributed by atoms with Crippen molar-refractivity contribution < 1.29 is 14.0 Å². The second kappa shape index (κ2) is 6.60. The summed E-state index contributed by atoms with van der Waals surface area (Å²) in [5, 5.41) is 2.72. The van der Waals surface area contributed by atoms with Gasteiger partial charge in [0.2, 0.25) is 11.8 Å². The predicted octanol–water partition coefficient (Wildman–Crippen LogP) is 2.50. The number of amides is 2. The summed E-state index contributed by atoms with van der Waals surface area (Å²) < 4.78 is 13.1. The SMILES string of the molecule is O=C(NCc1cccc(F)c1)[C@H]1CCN(c2ccccc2)C1=O. The van der Waals surface area contributed by atoms with Crippen molar-refractivity contribution in [2.75, 3.05) is 11.4 Å². The van der Waals surface area contributed by atoms with E-state index in [1.165, 1.54) is 12.1 Å². The lowest BCUT2D eigenvalue weighted by Gasteiger charge is -2.16. The molecule has 1 saturated heterocycles. The van der Waals surface area contributed by atoms with Crippen LogP contribution >= 0.6 is 0 Å². The minimum Gasteiger partial charge on any atom is -0.351 e. The lowest BCUT2D eigenvalue weighted by atomic mass is 10.1. The molecular weight excluding hydrogens is 295 g/mol. The summed E-state index contributed by atoms with van der Waals surface area (Å²) in [5.74, 6) is -1.52. The van der Waals surface area contributed by atoms with E-state index in [1.807, 2.05) is 30.3 Å². The minimum absolute atomic E-state index is 0.187. The number of nitrogens with one attached hydrogen (secondary N) is 1. The van der Waals surface area contributed by atoms with Crippen LogP contribution in [-0.2, 0) is 16.1 Å². The molecule has 0 unspecified atom stereocenters. The number of halogens is 1. The first-order chi connectivity index (χ1) is 11.1. The Balaban J connectivity index is 1.61. The van der Waals surface area contributed by atoms with Crippen molar-refractivity contribution in [1.29, 1.82) is 0 Å². The van der Waals surface area contributed by atoms with E-state index in [2.05, 4.69) is 5.32 Å². The van der Waals surface area contributed by atoms with Crippen LogP contribution in [0, 0.1) is 11.7 Å². The number of hydrogen-bond acceptors (Lipinski definition) is 2. The van der Waals surface area contributed by atoms with Gasteiger partial charge in [0.15, 0.2) is 0 Å². The first-order valence-electron chi connectivity index (χ1n) is 7.54. The van der Waals surface area contributed by atoms with Crippen molar-refractivity contribution in [2.45, 2.75) is 13.0 Å². The molecule has 2 aromatic carbocycles. The Hall–Kier alpha value is -2.69. The molecule has 118 valence electrons. The smallest absolute Gasteiger partial charge is 0.239 e. The molecule has 1 fully saturated rings. The molecule has 2 aromatic rings. The number of carbonyl (C=O) groups excluding carboxylic acids is 2. The maximum absolute atomic E-state index is 13.1. The molecule has 0 bridgehead atoms. The molecule has 0 aromatic heterocycles. The molecule has 1 aliphatic heterocycles. The van der Waals surface area contributed by atoms with Crippen LogP contribution in [0.5, 0.6) is 0 Å². The van der Waals surface area contributed by atoms with Crippen molar-refractivity contribution in [3.63, 3.8) is 0 Å². The van der Waals surface area contributed by atoms with Gasteiger partial charge in [0.05, 0.1) is 0 Å². The molecule has 0 spiro atoms. The van der Waals surface area contributed by atoms with Gasteiger partial charge in [-0.1, -0.05) is 30.3 Å². The zero-order valence-corrected chi connectivity index (χ0v) is 12.5. The molecule has 0 radical (unpaired) electrons. The number of nitrogens with zero attached hydrogens (tertiary/aromatic N) is 1. The highest BCUT2D eigenvalue weighted by Crippen LogP contribution is 2.25.